The SMILES string of the molecule is CCC(=O)C(C)OC(C)C(C)C. The van der Waals surface area contributed by atoms with Gasteiger partial charge in [-0.25, -0.2) is 0 Å². The zero-order chi connectivity index (χ0) is 9.72. The summed E-state index contributed by atoms with van der Waals surface area (Å²) < 4.78 is 5.51. The van der Waals surface area contributed by atoms with Gasteiger partial charge in [0.1, 0.15) is 6.10 Å². The van der Waals surface area contributed by atoms with E-state index in [4.69, 9.17) is 4.74 Å². The number of ether oxygens (including phenoxy) is 1. The van der Waals surface area contributed by atoms with Crippen molar-refractivity contribution in [3.63, 3.8) is 0 Å². The van der Waals surface area contributed by atoms with Crippen molar-refractivity contribution in [1.29, 1.82) is 0 Å². The summed E-state index contributed by atoms with van der Waals surface area (Å²) in [5, 5.41) is 0. The summed E-state index contributed by atoms with van der Waals surface area (Å²) in [4.78, 5) is 11.1. The van der Waals surface area contributed by atoms with Gasteiger partial charge in [-0.2, -0.15) is 0 Å². The molecular weight excluding hydrogens is 152 g/mol. The summed E-state index contributed by atoms with van der Waals surface area (Å²) in [5.41, 5.74) is 0. The molecule has 0 aromatic rings. The second-order valence-corrected chi connectivity index (χ2v) is 3.55. The highest BCUT2D eigenvalue weighted by molar-refractivity contribution is 5.82. The maximum atomic E-state index is 11.1. The number of carbonyl (C=O) groups is 1. The largest absolute Gasteiger partial charge is 0.368 e. The fourth-order valence-electron chi connectivity index (χ4n) is 0.842. The van der Waals surface area contributed by atoms with E-state index in [2.05, 4.69) is 13.8 Å². The van der Waals surface area contributed by atoms with Gasteiger partial charge in [0.05, 0.1) is 6.10 Å². The van der Waals surface area contributed by atoms with Gasteiger partial charge in [-0.1, -0.05) is 20.8 Å². The standard InChI is InChI=1S/C10H20O2/c1-6-10(11)9(5)12-8(4)7(2)3/h7-9H,6H2,1-5H3. The lowest BCUT2D eigenvalue weighted by Crippen LogP contribution is -2.27. The molecule has 0 saturated heterocycles. The Bertz CT molecular complexity index is 141. The average molecular weight is 172 g/mol. The third-order valence-electron chi connectivity index (χ3n) is 2.16. The first-order chi connectivity index (χ1) is 5.49. The molecule has 12 heavy (non-hydrogen) atoms. The van der Waals surface area contributed by atoms with Crippen LogP contribution in [0.15, 0.2) is 0 Å². The van der Waals surface area contributed by atoms with Gasteiger partial charge in [0.15, 0.2) is 5.78 Å². The maximum absolute atomic E-state index is 11.1. The Balaban J connectivity index is 3.83. The Morgan fingerprint density at radius 2 is 1.75 bits per heavy atom. The van der Waals surface area contributed by atoms with E-state index < -0.39 is 0 Å². The summed E-state index contributed by atoms with van der Waals surface area (Å²) in [6.45, 7) is 9.87. The number of Topliss-reactive ketones (excluding diaryl/α,β-unsaturated/α-hetero) is 1. The zero-order valence-electron chi connectivity index (χ0n) is 8.76. The highest BCUT2D eigenvalue weighted by Gasteiger charge is 2.16. The summed E-state index contributed by atoms with van der Waals surface area (Å²) in [7, 11) is 0. The maximum Gasteiger partial charge on any atom is 0.161 e. The lowest BCUT2D eigenvalue weighted by molar-refractivity contribution is -0.133. The van der Waals surface area contributed by atoms with Gasteiger partial charge in [0, 0.05) is 6.42 Å². The van der Waals surface area contributed by atoms with Crippen LogP contribution in [0, 0.1) is 5.92 Å². The third-order valence-corrected chi connectivity index (χ3v) is 2.16. The Kier molecular flexibility index (Phi) is 5.14. The van der Waals surface area contributed by atoms with Crippen LogP contribution >= 0.6 is 0 Å². The molecule has 0 aromatic heterocycles. The van der Waals surface area contributed by atoms with Crippen LogP contribution in [0.3, 0.4) is 0 Å². The Hall–Kier alpha value is -0.370. The van der Waals surface area contributed by atoms with Crippen molar-refractivity contribution >= 4 is 5.78 Å². The lowest BCUT2D eigenvalue weighted by atomic mass is 10.1. The van der Waals surface area contributed by atoms with Crippen molar-refractivity contribution in [2.45, 2.75) is 53.2 Å². The second-order valence-electron chi connectivity index (χ2n) is 3.55. The van der Waals surface area contributed by atoms with E-state index in [1.54, 1.807) is 0 Å². The fourth-order valence-corrected chi connectivity index (χ4v) is 0.842. The van der Waals surface area contributed by atoms with Crippen LogP contribution in [0.2, 0.25) is 0 Å². The van der Waals surface area contributed by atoms with E-state index in [-0.39, 0.29) is 18.0 Å². The first-order valence-corrected chi connectivity index (χ1v) is 4.67. The zero-order valence-corrected chi connectivity index (χ0v) is 8.76. The highest BCUT2D eigenvalue weighted by atomic mass is 16.5. The first-order valence-electron chi connectivity index (χ1n) is 4.67. The van der Waals surface area contributed by atoms with E-state index in [1.807, 2.05) is 20.8 Å². The van der Waals surface area contributed by atoms with Crippen LogP contribution in [0.1, 0.15) is 41.0 Å². The first kappa shape index (κ1) is 11.6. The smallest absolute Gasteiger partial charge is 0.161 e. The molecular formula is C10H20O2. The molecule has 0 fully saturated rings. The number of rotatable bonds is 5. The molecule has 0 aliphatic rings. The van der Waals surface area contributed by atoms with Crippen LogP contribution in [0.4, 0.5) is 0 Å². The van der Waals surface area contributed by atoms with E-state index in [0.717, 1.165) is 0 Å². The average Bonchev–Trinajstić information content (AvgIpc) is 2.02. The Labute approximate surface area is 75.3 Å². The Morgan fingerprint density at radius 3 is 2.08 bits per heavy atom. The highest BCUT2D eigenvalue weighted by Crippen LogP contribution is 2.09. The second kappa shape index (κ2) is 5.31. The van der Waals surface area contributed by atoms with Gasteiger partial charge in [-0.3, -0.25) is 4.79 Å². The minimum atomic E-state index is -0.243. The van der Waals surface area contributed by atoms with Crippen molar-refractivity contribution in [1.82, 2.24) is 0 Å². The van der Waals surface area contributed by atoms with Gasteiger partial charge in [-0.15, -0.1) is 0 Å². The van der Waals surface area contributed by atoms with Crippen molar-refractivity contribution in [2.75, 3.05) is 0 Å². The lowest BCUT2D eigenvalue weighted by Gasteiger charge is -2.20. The predicted octanol–water partition coefficient (Wildman–Crippen LogP) is 2.42. The summed E-state index contributed by atoms with van der Waals surface area (Å²) in [6.07, 6.45) is 0.481. The monoisotopic (exact) mass is 172 g/mol. The molecule has 0 spiro atoms. The molecule has 0 aliphatic heterocycles. The summed E-state index contributed by atoms with van der Waals surface area (Å²) >= 11 is 0. The van der Waals surface area contributed by atoms with Crippen molar-refractivity contribution in [3.8, 4) is 0 Å². The van der Waals surface area contributed by atoms with Crippen molar-refractivity contribution in [3.05, 3.63) is 0 Å². The molecule has 0 amide bonds. The van der Waals surface area contributed by atoms with Gasteiger partial charge in [0.25, 0.3) is 0 Å². The summed E-state index contributed by atoms with van der Waals surface area (Å²) in [6, 6.07) is 0. The molecule has 0 heterocycles. The Morgan fingerprint density at radius 1 is 1.25 bits per heavy atom. The topological polar surface area (TPSA) is 26.3 Å². The molecule has 0 radical (unpaired) electrons. The van der Waals surface area contributed by atoms with E-state index >= 15 is 0 Å². The van der Waals surface area contributed by atoms with E-state index in [1.165, 1.54) is 0 Å². The number of hydrogen-bond donors (Lipinski definition) is 0. The molecule has 2 atom stereocenters. The van der Waals surface area contributed by atoms with Crippen LogP contribution in [-0.4, -0.2) is 18.0 Å². The van der Waals surface area contributed by atoms with Crippen molar-refractivity contribution in [2.24, 2.45) is 5.92 Å². The molecule has 0 aliphatic carbocycles. The predicted molar refractivity (Wildman–Crippen MR) is 50.1 cm³/mol. The molecule has 2 unspecified atom stereocenters. The van der Waals surface area contributed by atoms with Crippen LogP contribution < -0.4 is 0 Å². The molecule has 0 bridgehead atoms. The number of carbonyl (C=O) groups excluding carboxylic acids is 1. The minimum absolute atomic E-state index is 0.162. The van der Waals surface area contributed by atoms with Crippen LogP contribution in [-0.2, 0) is 9.53 Å². The third kappa shape index (κ3) is 3.86. The van der Waals surface area contributed by atoms with Gasteiger partial charge >= 0.3 is 0 Å². The molecule has 2 heteroatoms. The molecule has 0 aromatic carbocycles. The van der Waals surface area contributed by atoms with Gasteiger partial charge in [0.2, 0.25) is 0 Å². The summed E-state index contributed by atoms with van der Waals surface area (Å²) in [5.74, 6) is 0.652. The molecule has 0 rings (SSSR count). The fraction of sp³-hybridized carbons (Fsp3) is 0.900. The van der Waals surface area contributed by atoms with Gasteiger partial charge in [-0.05, 0) is 19.8 Å². The van der Waals surface area contributed by atoms with E-state index in [0.29, 0.717) is 12.3 Å². The normalized spacial score (nSPS) is 16.2. The molecule has 72 valence electrons. The minimum Gasteiger partial charge on any atom is -0.368 e. The number of hydrogen-bond acceptors (Lipinski definition) is 2. The van der Waals surface area contributed by atoms with E-state index in [9.17, 15) is 4.79 Å². The number of ketones is 1. The molecule has 0 saturated carbocycles. The van der Waals surface area contributed by atoms with Crippen molar-refractivity contribution < 1.29 is 9.53 Å². The van der Waals surface area contributed by atoms with Crippen LogP contribution in [0.5, 0.6) is 0 Å². The van der Waals surface area contributed by atoms with Crippen LogP contribution in [0.25, 0.3) is 0 Å². The van der Waals surface area contributed by atoms with Gasteiger partial charge < -0.3 is 4.74 Å². The molecule has 2 nitrogen and oxygen atoms in total. The quantitative estimate of drug-likeness (QED) is 0.636. The molecule has 0 N–H and O–H groups in total.